The molecule has 196 valence electrons. The van der Waals surface area contributed by atoms with Crippen molar-refractivity contribution in [1.29, 1.82) is 0 Å². The largest absolute Gasteiger partial charge is 0.383 e. The minimum absolute atomic E-state index is 0.0379. The summed E-state index contributed by atoms with van der Waals surface area (Å²) in [6.07, 6.45) is 9.79. The van der Waals surface area contributed by atoms with Crippen LogP contribution < -0.4 is 11.1 Å². The number of nitrogens with two attached hydrogens (primary N) is 1. The van der Waals surface area contributed by atoms with E-state index in [1.165, 1.54) is 31.2 Å². The van der Waals surface area contributed by atoms with Crippen molar-refractivity contribution >= 4 is 39.9 Å². The summed E-state index contributed by atoms with van der Waals surface area (Å²) in [5, 5.41) is 3.70. The first-order chi connectivity index (χ1) is 18.3. The number of hydrogen-bond acceptors (Lipinski definition) is 5. The zero-order chi connectivity index (χ0) is 26.6. The van der Waals surface area contributed by atoms with Crippen LogP contribution in [-0.2, 0) is 16.6 Å². The van der Waals surface area contributed by atoms with Gasteiger partial charge in [0.25, 0.3) is 5.91 Å². The molecule has 3 heterocycles. The number of carbonyl (C=O) groups excluding carboxylic acids is 2. The Kier molecular flexibility index (Phi) is 5.85. The van der Waals surface area contributed by atoms with Crippen LogP contribution in [-0.4, -0.2) is 44.3 Å². The van der Waals surface area contributed by atoms with Gasteiger partial charge in [-0.05, 0) is 74.1 Å². The van der Waals surface area contributed by atoms with E-state index < -0.39 is 0 Å². The number of nitrogens with one attached hydrogen (secondary N) is 1. The van der Waals surface area contributed by atoms with E-state index >= 15 is 0 Å². The highest BCUT2D eigenvalue weighted by Crippen LogP contribution is 2.53. The standard InChI is InChI=1S/C30H34N6O2/c1-18(2)28(37)34-22-10-8-20(9-11-22)25-23(24-26(31)32-17-33-27(24)35(25)3)19-4-6-21(7-5-19)29(38)36-15-14-30(16-36)12-13-30/h4,8-11,17,21H,1,5-7,12-16H2,2-3H3,(H,34,37)(H2,31,32,33)/t21-/m1/s1. The SMILES string of the molecule is C=C(C)C(=O)Nc1ccc(-c2c(C3=CC[C@@H](C(=O)N4CCC5(CC5)C4)CC3)c3c(N)ncnc3n2C)cc1. The quantitative estimate of drug-likeness (QED) is 0.474. The predicted octanol–water partition coefficient (Wildman–Crippen LogP) is 4.93. The summed E-state index contributed by atoms with van der Waals surface area (Å²) >= 11 is 0. The van der Waals surface area contributed by atoms with Crippen molar-refractivity contribution in [3.63, 3.8) is 0 Å². The molecule has 8 nitrogen and oxygen atoms in total. The third-order valence-electron chi connectivity index (χ3n) is 8.59. The minimum atomic E-state index is -0.205. The highest BCUT2D eigenvalue weighted by atomic mass is 16.2. The molecule has 2 amide bonds. The molecule has 1 saturated carbocycles. The second-order valence-corrected chi connectivity index (χ2v) is 11.3. The van der Waals surface area contributed by atoms with Crippen molar-refractivity contribution < 1.29 is 9.59 Å². The van der Waals surface area contributed by atoms with Gasteiger partial charge in [0.15, 0.2) is 0 Å². The van der Waals surface area contributed by atoms with E-state index in [9.17, 15) is 9.59 Å². The molecule has 0 bridgehead atoms. The van der Waals surface area contributed by atoms with Crippen LogP contribution in [0.25, 0.3) is 27.9 Å². The number of amides is 2. The molecular formula is C30H34N6O2. The van der Waals surface area contributed by atoms with E-state index in [1.54, 1.807) is 6.92 Å². The predicted molar refractivity (Wildman–Crippen MR) is 150 cm³/mol. The van der Waals surface area contributed by atoms with Crippen molar-refractivity contribution in [1.82, 2.24) is 19.4 Å². The van der Waals surface area contributed by atoms with Gasteiger partial charge in [0.05, 0.1) is 11.1 Å². The number of nitrogens with zero attached hydrogens (tertiary/aromatic N) is 4. The number of anilines is 2. The Morgan fingerprint density at radius 3 is 2.55 bits per heavy atom. The second kappa shape index (κ2) is 9.11. The number of carbonyl (C=O) groups is 2. The Morgan fingerprint density at radius 1 is 1.16 bits per heavy atom. The lowest BCUT2D eigenvalue weighted by Gasteiger charge is -2.26. The molecule has 1 aliphatic heterocycles. The van der Waals surface area contributed by atoms with Crippen LogP contribution in [0, 0.1) is 11.3 Å². The average molecular weight is 511 g/mol. The van der Waals surface area contributed by atoms with Gasteiger partial charge in [-0.25, -0.2) is 9.97 Å². The highest BCUT2D eigenvalue weighted by Gasteiger charge is 2.49. The molecule has 1 atom stereocenters. The van der Waals surface area contributed by atoms with Crippen molar-refractivity contribution in [3.05, 3.63) is 54.4 Å². The summed E-state index contributed by atoms with van der Waals surface area (Å²) in [5.74, 6) is 0.597. The molecule has 0 unspecified atom stereocenters. The van der Waals surface area contributed by atoms with Crippen LogP contribution in [0.4, 0.5) is 11.5 Å². The van der Waals surface area contributed by atoms with Gasteiger partial charge in [0, 0.05) is 42.9 Å². The lowest BCUT2D eigenvalue weighted by atomic mass is 9.84. The van der Waals surface area contributed by atoms with Gasteiger partial charge in [-0.3, -0.25) is 9.59 Å². The molecular weight excluding hydrogens is 476 g/mol. The van der Waals surface area contributed by atoms with Crippen molar-refractivity contribution in [2.75, 3.05) is 24.1 Å². The highest BCUT2D eigenvalue weighted by molar-refractivity contribution is 6.05. The molecule has 8 heteroatoms. The van der Waals surface area contributed by atoms with Crippen molar-refractivity contribution in [2.24, 2.45) is 18.4 Å². The van der Waals surface area contributed by atoms with E-state index in [2.05, 4.69) is 37.4 Å². The van der Waals surface area contributed by atoms with Gasteiger partial charge in [-0.2, -0.15) is 0 Å². The smallest absolute Gasteiger partial charge is 0.250 e. The Balaban J connectivity index is 1.33. The fraction of sp³-hybridized carbons (Fsp3) is 0.400. The van der Waals surface area contributed by atoms with Crippen molar-refractivity contribution in [2.45, 2.75) is 45.4 Å². The number of benzene rings is 1. The fourth-order valence-corrected chi connectivity index (χ4v) is 6.13. The molecule has 2 fully saturated rings. The third kappa shape index (κ3) is 4.18. The molecule has 1 aromatic carbocycles. The number of allylic oxidation sites excluding steroid dienone is 2. The second-order valence-electron chi connectivity index (χ2n) is 11.3. The Bertz CT molecular complexity index is 1500. The summed E-state index contributed by atoms with van der Waals surface area (Å²) in [4.78, 5) is 36.3. The Labute approximate surface area is 222 Å². The molecule has 3 aliphatic rings. The first kappa shape index (κ1) is 24.4. The number of aryl methyl sites for hydroxylation is 1. The summed E-state index contributed by atoms with van der Waals surface area (Å²) < 4.78 is 2.06. The first-order valence-electron chi connectivity index (χ1n) is 13.4. The molecule has 3 aromatic rings. The van der Waals surface area contributed by atoms with Crippen LogP contribution >= 0.6 is 0 Å². The average Bonchev–Trinajstić information content (AvgIpc) is 3.43. The van der Waals surface area contributed by atoms with Gasteiger partial charge in [0.1, 0.15) is 17.8 Å². The van der Waals surface area contributed by atoms with E-state index in [-0.39, 0.29) is 11.8 Å². The lowest BCUT2D eigenvalue weighted by molar-refractivity contribution is -0.134. The number of fused-ring (bicyclic) bond motifs is 1. The Hall–Kier alpha value is -3.94. The molecule has 0 radical (unpaired) electrons. The zero-order valence-electron chi connectivity index (χ0n) is 22.1. The monoisotopic (exact) mass is 510 g/mol. The molecule has 2 aromatic heterocycles. The van der Waals surface area contributed by atoms with Crippen LogP contribution in [0.1, 0.15) is 51.0 Å². The van der Waals surface area contributed by atoms with Gasteiger partial charge < -0.3 is 20.5 Å². The molecule has 1 spiro atoms. The summed E-state index contributed by atoms with van der Waals surface area (Å²) in [6, 6.07) is 7.76. The van der Waals surface area contributed by atoms with Gasteiger partial charge >= 0.3 is 0 Å². The van der Waals surface area contributed by atoms with E-state index in [0.717, 1.165) is 60.2 Å². The molecule has 6 rings (SSSR count). The van der Waals surface area contributed by atoms with Crippen LogP contribution in [0.5, 0.6) is 0 Å². The maximum Gasteiger partial charge on any atom is 0.250 e. The van der Waals surface area contributed by atoms with E-state index in [0.29, 0.717) is 28.4 Å². The summed E-state index contributed by atoms with van der Waals surface area (Å²) in [7, 11) is 1.99. The maximum atomic E-state index is 13.3. The third-order valence-corrected chi connectivity index (χ3v) is 8.59. The lowest BCUT2D eigenvalue weighted by Crippen LogP contribution is -2.35. The molecule has 38 heavy (non-hydrogen) atoms. The molecule has 1 saturated heterocycles. The maximum absolute atomic E-state index is 13.3. The van der Waals surface area contributed by atoms with E-state index in [4.69, 9.17) is 5.73 Å². The number of nitrogen functional groups attached to an aromatic ring is 1. The molecule has 2 aliphatic carbocycles. The summed E-state index contributed by atoms with van der Waals surface area (Å²) in [5.41, 5.74) is 13.0. The Morgan fingerprint density at radius 2 is 1.92 bits per heavy atom. The zero-order valence-corrected chi connectivity index (χ0v) is 22.1. The van der Waals surface area contributed by atoms with E-state index in [1.807, 2.05) is 31.3 Å². The van der Waals surface area contributed by atoms with Gasteiger partial charge in [-0.15, -0.1) is 0 Å². The normalized spacial score (nSPS) is 20.0. The van der Waals surface area contributed by atoms with Gasteiger partial charge in [0.2, 0.25) is 5.91 Å². The van der Waals surface area contributed by atoms with Gasteiger partial charge in [-0.1, -0.05) is 24.8 Å². The van der Waals surface area contributed by atoms with Crippen LogP contribution in [0.3, 0.4) is 0 Å². The topological polar surface area (TPSA) is 106 Å². The summed E-state index contributed by atoms with van der Waals surface area (Å²) in [6.45, 7) is 7.24. The van der Waals surface area contributed by atoms with Crippen LogP contribution in [0.15, 0.2) is 48.8 Å². The molecule has 3 N–H and O–H groups in total. The van der Waals surface area contributed by atoms with Crippen LogP contribution in [0.2, 0.25) is 0 Å². The number of hydrogen-bond donors (Lipinski definition) is 2. The van der Waals surface area contributed by atoms with Crippen molar-refractivity contribution in [3.8, 4) is 11.3 Å². The number of rotatable bonds is 5. The minimum Gasteiger partial charge on any atom is -0.383 e. The number of aromatic nitrogens is 3. The fourth-order valence-electron chi connectivity index (χ4n) is 6.13. The first-order valence-corrected chi connectivity index (χ1v) is 13.4. The number of likely N-dealkylation sites (tertiary alicyclic amines) is 1.